The van der Waals surface area contributed by atoms with E-state index in [-0.39, 0.29) is 10.0 Å². The van der Waals surface area contributed by atoms with E-state index in [2.05, 4.69) is 0 Å². The van der Waals surface area contributed by atoms with E-state index in [1.54, 1.807) is 6.07 Å². The van der Waals surface area contributed by atoms with Crippen molar-refractivity contribution >= 4 is 36.5 Å². The topological polar surface area (TPSA) is 0 Å². The molecule has 1 aromatic rings. The van der Waals surface area contributed by atoms with Crippen LogP contribution in [0.5, 0.6) is 0 Å². The van der Waals surface area contributed by atoms with Crippen LogP contribution >= 0.6 is 23.2 Å². The first-order valence-corrected chi connectivity index (χ1v) is 8.86. The summed E-state index contributed by atoms with van der Waals surface area (Å²) in [6, 6.07) is 2.86. The maximum Gasteiger partial charge on any atom is 0.419 e. The fraction of sp³-hybridized carbons (Fsp3) is 0.400. The maximum atomic E-state index is 12.7. The number of hydrogen-bond acceptors (Lipinski definition) is 0. The van der Waals surface area contributed by atoms with Gasteiger partial charge in [0, 0.05) is 0 Å². The van der Waals surface area contributed by atoms with E-state index in [9.17, 15) is 13.2 Å². The van der Waals surface area contributed by atoms with Crippen molar-refractivity contribution in [2.75, 3.05) is 0 Å². The Morgan fingerprint density at radius 2 is 1.56 bits per heavy atom. The molecule has 1 rings (SSSR count). The monoisotopic (exact) mass is 286 g/mol. The Morgan fingerprint density at radius 1 is 1.06 bits per heavy atom. The SMILES string of the molecule is C[Si](C)(C)c1ccc(Cl)c(C(F)(F)F)c1Cl. The van der Waals surface area contributed by atoms with Gasteiger partial charge in [-0.2, -0.15) is 13.2 Å². The van der Waals surface area contributed by atoms with Crippen molar-refractivity contribution in [2.24, 2.45) is 0 Å². The molecular weight excluding hydrogens is 276 g/mol. The van der Waals surface area contributed by atoms with Crippen molar-refractivity contribution in [1.29, 1.82) is 0 Å². The first-order chi connectivity index (χ1) is 7.05. The van der Waals surface area contributed by atoms with Crippen LogP contribution in [-0.2, 0) is 6.18 Å². The van der Waals surface area contributed by atoms with Crippen LogP contribution in [-0.4, -0.2) is 8.07 Å². The molecule has 0 unspecified atom stereocenters. The zero-order valence-electron chi connectivity index (χ0n) is 9.04. The standard InChI is InChI=1S/C10H11Cl2F3Si/c1-16(2,3)7-5-4-6(11)8(9(7)12)10(13,14)15/h4-5H,1-3H3. The Balaban J connectivity index is 3.52. The average Bonchev–Trinajstić information content (AvgIpc) is 1.97. The number of halogens is 5. The smallest absolute Gasteiger partial charge is 0.166 e. The second kappa shape index (κ2) is 4.24. The van der Waals surface area contributed by atoms with Gasteiger partial charge in [-0.3, -0.25) is 0 Å². The quantitative estimate of drug-likeness (QED) is 0.664. The Hall–Kier alpha value is -0.193. The highest BCUT2D eigenvalue weighted by Crippen LogP contribution is 2.39. The van der Waals surface area contributed by atoms with Gasteiger partial charge in [0.2, 0.25) is 0 Å². The highest BCUT2D eigenvalue weighted by atomic mass is 35.5. The van der Waals surface area contributed by atoms with Crippen molar-refractivity contribution in [3.05, 3.63) is 27.7 Å². The van der Waals surface area contributed by atoms with Crippen molar-refractivity contribution in [3.63, 3.8) is 0 Å². The van der Waals surface area contributed by atoms with Gasteiger partial charge in [0.15, 0.2) is 0 Å². The minimum atomic E-state index is -4.51. The molecule has 0 bridgehead atoms. The second-order valence-electron chi connectivity index (χ2n) is 4.53. The van der Waals surface area contributed by atoms with Crippen LogP contribution in [0.25, 0.3) is 0 Å². The van der Waals surface area contributed by atoms with Gasteiger partial charge < -0.3 is 0 Å². The third kappa shape index (κ3) is 2.73. The number of alkyl halides is 3. The molecule has 0 fully saturated rings. The van der Waals surface area contributed by atoms with Crippen LogP contribution in [0.4, 0.5) is 13.2 Å². The Morgan fingerprint density at radius 3 is 1.94 bits per heavy atom. The van der Waals surface area contributed by atoms with Gasteiger partial charge in [0.05, 0.1) is 23.7 Å². The lowest BCUT2D eigenvalue weighted by Crippen LogP contribution is -2.39. The molecule has 0 aliphatic rings. The van der Waals surface area contributed by atoms with Crippen molar-refractivity contribution in [1.82, 2.24) is 0 Å². The lowest BCUT2D eigenvalue weighted by Gasteiger charge is -2.21. The molecule has 90 valence electrons. The normalized spacial score (nSPS) is 13.0. The summed E-state index contributed by atoms with van der Waals surface area (Å²) in [6.07, 6.45) is -4.51. The molecule has 1 aromatic carbocycles. The van der Waals surface area contributed by atoms with Gasteiger partial charge in [-0.15, -0.1) is 0 Å². The van der Waals surface area contributed by atoms with Crippen LogP contribution in [0.1, 0.15) is 5.56 Å². The summed E-state index contributed by atoms with van der Waals surface area (Å²) in [5.41, 5.74) is -0.921. The molecule has 0 atom stereocenters. The summed E-state index contributed by atoms with van der Waals surface area (Å²) in [5.74, 6) is 0. The van der Waals surface area contributed by atoms with Gasteiger partial charge in [-0.1, -0.05) is 48.9 Å². The molecule has 0 heterocycles. The third-order valence-corrected chi connectivity index (χ3v) is 5.08. The summed E-state index contributed by atoms with van der Waals surface area (Å²) in [5, 5.41) is -0.0236. The fourth-order valence-electron chi connectivity index (χ4n) is 1.39. The fourth-order valence-corrected chi connectivity index (χ4v) is 4.19. The molecule has 0 radical (unpaired) electrons. The predicted octanol–water partition coefficient (Wildman–Crippen LogP) is 4.56. The summed E-state index contributed by atoms with van der Waals surface area (Å²) < 4.78 is 38.2. The highest BCUT2D eigenvalue weighted by molar-refractivity contribution is 6.90. The molecule has 0 spiro atoms. The minimum Gasteiger partial charge on any atom is -0.166 e. The molecule has 0 saturated heterocycles. The van der Waals surface area contributed by atoms with Crippen LogP contribution in [0.2, 0.25) is 29.7 Å². The van der Waals surface area contributed by atoms with Gasteiger partial charge in [-0.05, 0) is 11.3 Å². The number of benzene rings is 1. The first kappa shape index (κ1) is 13.9. The second-order valence-corrected chi connectivity index (χ2v) is 10.4. The van der Waals surface area contributed by atoms with Crippen LogP contribution < -0.4 is 5.19 Å². The van der Waals surface area contributed by atoms with Crippen LogP contribution in [0.3, 0.4) is 0 Å². The summed E-state index contributed by atoms with van der Waals surface area (Å²) >= 11 is 11.4. The average molecular weight is 287 g/mol. The van der Waals surface area contributed by atoms with Gasteiger partial charge in [0.1, 0.15) is 0 Å². The predicted molar refractivity (Wildman–Crippen MR) is 64.4 cm³/mol. The highest BCUT2D eigenvalue weighted by Gasteiger charge is 2.38. The third-order valence-electron chi connectivity index (χ3n) is 2.18. The lowest BCUT2D eigenvalue weighted by molar-refractivity contribution is -0.137. The Kier molecular flexibility index (Phi) is 3.67. The van der Waals surface area contributed by atoms with Gasteiger partial charge in [-0.25, -0.2) is 0 Å². The minimum absolute atomic E-state index is 0.251. The van der Waals surface area contributed by atoms with E-state index in [0.29, 0.717) is 5.19 Å². The zero-order valence-corrected chi connectivity index (χ0v) is 11.6. The zero-order chi connectivity index (χ0) is 12.7. The largest absolute Gasteiger partial charge is 0.419 e. The van der Waals surface area contributed by atoms with E-state index in [4.69, 9.17) is 23.2 Å². The molecule has 0 aliphatic heterocycles. The molecule has 0 N–H and O–H groups in total. The first-order valence-electron chi connectivity index (χ1n) is 4.61. The molecule has 0 amide bonds. The van der Waals surface area contributed by atoms with Crippen LogP contribution in [0.15, 0.2) is 12.1 Å². The molecule has 0 aromatic heterocycles. The van der Waals surface area contributed by atoms with E-state index in [1.807, 2.05) is 19.6 Å². The Labute approximate surface area is 103 Å². The summed E-state index contributed by atoms with van der Waals surface area (Å²) in [7, 11) is -1.90. The van der Waals surface area contributed by atoms with E-state index in [0.717, 1.165) is 0 Å². The molecular formula is C10H11Cl2F3Si. The van der Waals surface area contributed by atoms with Crippen molar-refractivity contribution < 1.29 is 13.2 Å². The maximum absolute atomic E-state index is 12.7. The van der Waals surface area contributed by atoms with Crippen molar-refractivity contribution in [2.45, 2.75) is 25.8 Å². The van der Waals surface area contributed by atoms with Crippen LogP contribution in [0, 0.1) is 0 Å². The molecule has 6 heteroatoms. The molecule has 0 saturated carbocycles. The molecule has 0 aliphatic carbocycles. The van der Waals surface area contributed by atoms with Gasteiger partial charge >= 0.3 is 6.18 Å². The molecule has 0 nitrogen and oxygen atoms in total. The van der Waals surface area contributed by atoms with E-state index >= 15 is 0 Å². The van der Waals surface area contributed by atoms with E-state index < -0.39 is 19.8 Å². The molecule has 16 heavy (non-hydrogen) atoms. The van der Waals surface area contributed by atoms with Gasteiger partial charge in [0.25, 0.3) is 0 Å². The lowest BCUT2D eigenvalue weighted by atomic mass is 10.2. The van der Waals surface area contributed by atoms with E-state index in [1.165, 1.54) is 6.07 Å². The van der Waals surface area contributed by atoms with Crippen molar-refractivity contribution in [3.8, 4) is 0 Å². The Bertz CT molecular complexity index is 408. The number of rotatable bonds is 1. The summed E-state index contributed by atoms with van der Waals surface area (Å²) in [6.45, 7) is 5.80. The summed E-state index contributed by atoms with van der Waals surface area (Å²) in [4.78, 5) is 0. The number of hydrogen-bond donors (Lipinski definition) is 0.